The minimum absolute atomic E-state index is 0.454. The Hall–Kier alpha value is -1.07. The standard InChI is InChI=1S/C17H20ClN3O/c18-11-1-2-12-13-3-6-21-15(17(13)19-14(12)9-11)4-5-20-7-8-22-10-16(20)21/h1-2,9,15-16,19H,3-8,10H2/t15-,16-/m1/s1. The van der Waals surface area contributed by atoms with Crippen molar-refractivity contribution in [3.8, 4) is 0 Å². The maximum Gasteiger partial charge on any atom is 0.0870 e. The molecule has 0 aliphatic carbocycles. The summed E-state index contributed by atoms with van der Waals surface area (Å²) in [6.07, 6.45) is 2.76. The molecular weight excluding hydrogens is 298 g/mol. The zero-order chi connectivity index (χ0) is 14.7. The molecule has 0 saturated carbocycles. The van der Waals surface area contributed by atoms with E-state index in [9.17, 15) is 0 Å². The molecule has 2 fully saturated rings. The van der Waals surface area contributed by atoms with E-state index >= 15 is 0 Å². The number of H-pyrrole nitrogens is 1. The lowest BCUT2D eigenvalue weighted by atomic mass is 9.92. The third kappa shape index (κ3) is 1.88. The molecule has 4 heterocycles. The van der Waals surface area contributed by atoms with Gasteiger partial charge in [0.2, 0.25) is 0 Å². The van der Waals surface area contributed by atoms with Crippen molar-refractivity contribution in [2.75, 3.05) is 32.8 Å². The van der Waals surface area contributed by atoms with Crippen molar-refractivity contribution in [1.82, 2.24) is 14.8 Å². The van der Waals surface area contributed by atoms with Crippen LogP contribution in [-0.2, 0) is 11.2 Å². The number of hydrogen-bond acceptors (Lipinski definition) is 3. The molecule has 0 bridgehead atoms. The van der Waals surface area contributed by atoms with Crippen LogP contribution in [-0.4, -0.2) is 53.8 Å². The van der Waals surface area contributed by atoms with Crippen LogP contribution < -0.4 is 0 Å². The number of aromatic amines is 1. The van der Waals surface area contributed by atoms with Crippen molar-refractivity contribution in [1.29, 1.82) is 0 Å². The molecule has 22 heavy (non-hydrogen) atoms. The molecule has 0 unspecified atom stereocenters. The fourth-order valence-electron chi connectivity index (χ4n) is 4.51. The van der Waals surface area contributed by atoms with Gasteiger partial charge in [0.25, 0.3) is 0 Å². The van der Waals surface area contributed by atoms with E-state index in [4.69, 9.17) is 16.3 Å². The van der Waals surface area contributed by atoms with Crippen LogP contribution in [0.5, 0.6) is 0 Å². The molecule has 5 rings (SSSR count). The Morgan fingerprint density at radius 3 is 3.14 bits per heavy atom. The van der Waals surface area contributed by atoms with Gasteiger partial charge in [0.15, 0.2) is 0 Å². The summed E-state index contributed by atoms with van der Waals surface area (Å²) in [5.74, 6) is 0. The van der Waals surface area contributed by atoms with Crippen molar-refractivity contribution in [3.63, 3.8) is 0 Å². The summed E-state index contributed by atoms with van der Waals surface area (Å²) in [6.45, 7) is 5.09. The van der Waals surface area contributed by atoms with E-state index in [2.05, 4.69) is 26.9 Å². The highest BCUT2D eigenvalue weighted by atomic mass is 35.5. The molecule has 0 radical (unpaired) electrons. The normalized spacial score (nSPS) is 29.1. The average molecular weight is 318 g/mol. The molecule has 1 N–H and O–H groups in total. The number of fused-ring (bicyclic) bond motifs is 7. The first-order chi connectivity index (χ1) is 10.8. The van der Waals surface area contributed by atoms with Gasteiger partial charge < -0.3 is 9.72 Å². The summed E-state index contributed by atoms with van der Waals surface area (Å²) >= 11 is 6.16. The number of nitrogens with zero attached hydrogens (tertiary/aromatic N) is 2. The molecule has 5 heteroatoms. The Morgan fingerprint density at radius 1 is 1.23 bits per heavy atom. The number of benzene rings is 1. The van der Waals surface area contributed by atoms with E-state index in [0.29, 0.717) is 12.2 Å². The highest BCUT2D eigenvalue weighted by molar-refractivity contribution is 6.31. The van der Waals surface area contributed by atoms with Gasteiger partial charge in [-0.05, 0) is 30.5 Å². The van der Waals surface area contributed by atoms with Crippen molar-refractivity contribution in [3.05, 3.63) is 34.5 Å². The van der Waals surface area contributed by atoms with Gasteiger partial charge in [0, 0.05) is 41.3 Å². The first kappa shape index (κ1) is 13.4. The molecule has 0 amide bonds. The molecular formula is C17H20ClN3O. The van der Waals surface area contributed by atoms with Crippen molar-refractivity contribution in [2.24, 2.45) is 0 Å². The molecule has 0 spiro atoms. The topological polar surface area (TPSA) is 31.5 Å². The highest BCUT2D eigenvalue weighted by Crippen LogP contribution is 2.41. The Balaban J connectivity index is 1.58. The maximum atomic E-state index is 6.16. The summed E-state index contributed by atoms with van der Waals surface area (Å²) < 4.78 is 5.74. The van der Waals surface area contributed by atoms with Gasteiger partial charge in [0.05, 0.1) is 25.4 Å². The number of morpholine rings is 1. The quantitative estimate of drug-likeness (QED) is 0.811. The first-order valence-electron chi connectivity index (χ1n) is 8.19. The Morgan fingerprint density at radius 2 is 2.18 bits per heavy atom. The van der Waals surface area contributed by atoms with Crippen molar-refractivity contribution >= 4 is 22.5 Å². The fraction of sp³-hybridized carbons (Fsp3) is 0.529. The molecule has 4 nitrogen and oxygen atoms in total. The first-order valence-corrected chi connectivity index (χ1v) is 8.56. The van der Waals surface area contributed by atoms with Crippen LogP contribution in [0.3, 0.4) is 0 Å². The minimum atomic E-state index is 0.454. The summed E-state index contributed by atoms with van der Waals surface area (Å²) in [7, 11) is 0. The monoisotopic (exact) mass is 317 g/mol. The van der Waals surface area contributed by atoms with Crippen LogP contribution in [0, 0.1) is 0 Å². The van der Waals surface area contributed by atoms with Crippen LogP contribution in [0.4, 0.5) is 0 Å². The predicted molar refractivity (Wildman–Crippen MR) is 87.3 cm³/mol. The second kappa shape index (κ2) is 4.96. The molecule has 3 aliphatic rings. The number of rotatable bonds is 0. The number of hydrogen-bond donors (Lipinski definition) is 1. The molecule has 3 aliphatic heterocycles. The average Bonchev–Trinajstić information content (AvgIpc) is 2.92. The molecule has 116 valence electrons. The number of aromatic nitrogens is 1. The lowest BCUT2D eigenvalue weighted by molar-refractivity contribution is -0.120. The molecule has 1 aromatic heterocycles. The largest absolute Gasteiger partial charge is 0.377 e. The van der Waals surface area contributed by atoms with Crippen LogP contribution in [0.25, 0.3) is 10.9 Å². The van der Waals surface area contributed by atoms with E-state index in [1.807, 2.05) is 6.07 Å². The molecule has 2 aromatic rings. The summed E-state index contributed by atoms with van der Waals surface area (Å²) in [6, 6.07) is 6.72. The van der Waals surface area contributed by atoms with Gasteiger partial charge in [-0.2, -0.15) is 0 Å². The van der Waals surface area contributed by atoms with E-state index in [1.165, 1.54) is 35.1 Å². The molecule has 1 aromatic carbocycles. The van der Waals surface area contributed by atoms with E-state index < -0.39 is 0 Å². The van der Waals surface area contributed by atoms with E-state index in [0.717, 1.165) is 37.7 Å². The second-order valence-corrected chi connectivity index (χ2v) is 7.03. The Kier molecular flexibility index (Phi) is 3.02. The third-order valence-corrected chi connectivity index (χ3v) is 5.77. The minimum Gasteiger partial charge on any atom is -0.377 e. The lowest BCUT2D eigenvalue weighted by Gasteiger charge is -2.51. The smallest absolute Gasteiger partial charge is 0.0870 e. The summed E-state index contributed by atoms with van der Waals surface area (Å²) in [4.78, 5) is 8.89. The van der Waals surface area contributed by atoms with Gasteiger partial charge in [-0.3, -0.25) is 9.80 Å². The maximum absolute atomic E-state index is 6.16. The van der Waals surface area contributed by atoms with Gasteiger partial charge in [-0.1, -0.05) is 17.7 Å². The van der Waals surface area contributed by atoms with Crippen LogP contribution in [0.15, 0.2) is 18.2 Å². The van der Waals surface area contributed by atoms with E-state index in [1.54, 1.807) is 0 Å². The Labute approximate surface area is 135 Å². The van der Waals surface area contributed by atoms with Crippen LogP contribution in [0.2, 0.25) is 5.02 Å². The number of nitrogens with one attached hydrogen (secondary N) is 1. The van der Waals surface area contributed by atoms with Gasteiger partial charge in [-0.15, -0.1) is 0 Å². The fourth-order valence-corrected chi connectivity index (χ4v) is 4.68. The zero-order valence-corrected chi connectivity index (χ0v) is 13.3. The molecule has 2 atom stereocenters. The SMILES string of the molecule is Clc1ccc2c3c([nH]c2c1)[C@H]1CCN2CCOC[C@H]2N1CC3. The predicted octanol–water partition coefficient (Wildman–Crippen LogP) is 2.78. The summed E-state index contributed by atoms with van der Waals surface area (Å²) in [5, 5.41) is 2.15. The number of ether oxygens (including phenoxy) is 1. The van der Waals surface area contributed by atoms with E-state index in [-0.39, 0.29) is 0 Å². The highest BCUT2D eigenvalue weighted by Gasteiger charge is 2.41. The van der Waals surface area contributed by atoms with Crippen molar-refractivity contribution < 1.29 is 4.74 Å². The number of halogens is 1. The summed E-state index contributed by atoms with van der Waals surface area (Å²) in [5.41, 5.74) is 4.09. The van der Waals surface area contributed by atoms with Gasteiger partial charge in [0.1, 0.15) is 0 Å². The van der Waals surface area contributed by atoms with Crippen molar-refractivity contribution in [2.45, 2.75) is 25.0 Å². The zero-order valence-electron chi connectivity index (χ0n) is 12.5. The van der Waals surface area contributed by atoms with Crippen LogP contribution >= 0.6 is 11.6 Å². The van der Waals surface area contributed by atoms with Gasteiger partial charge >= 0.3 is 0 Å². The van der Waals surface area contributed by atoms with Gasteiger partial charge in [-0.25, -0.2) is 0 Å². The Bertz CT molecular complexity index is 728. The lowest BCUT2D eigenvalue weighted by Crippen LogP contribution is -2.61. The molecule has 2 saturated heterocycles. The third-order valence-electron chi connectivity index (χ3n) is 5.54. The van der Waals surface area contributed by atoms with Crippen LogP contribution in [0.1, 0.15) is 23.7 Å². The second-order valence-electron chi connectivity index (χ2n) is 6.59.